The van der Waals surface area contributed by atoms with Crippen LogP contribution in [0.1, 0.15) is 2.85 Å². The molecule has 50 heavy (non-hydrogen) atoms. The fourth-order valence-electron chi connectivity index (χ4n) is 4.67. The van der Waals surface area contributed by atoms with E-state index in [-0.39, 0.29) is 37.5 Å². The van der Waals surface area contributed by atoms with Crippen molar-refractivity contribution < 1.29 is 36.4 Å². The van der Waals surface area contributed by atoms with Gasteiger partial charge in [0.05, 0.1) is 31.2 Å². The van der Waals surface area contributed by atoms with Crippen molar-refractivity contribution in [1.29, 1.82) is 0 Å². The normalized spacial score (nSPS) is 28.8. The Hall–Kier alpha value is -1.75. The van der Waals surface area contributed by atoms with Gasteiger partial charge in [0.15, 0.2) is 0 Å². The number of nitrogens with one attached hydrogen (secondary N) is 2. The molecule has 2 fully saturated rings. The minimum Gasteiger partial charge on any atom is -0.346 e. The summed E-state index contributed by atoms with van der Waals surface area (Å²) >= 11 is 4.87. The minimum atomic E-state index is -1.14. The molecule has 0 radical (unpaired) electrons. The molecule has 6 N–H and O–H groups in total. The predicted molar refractivity (Wildman–Crippen MR) is 213 cm³/mol. The molecule has 6 amide bonds. The van der Waals surface area contributed by atoms with Crippen LogP contribution in [0.5, 0.6) is 0 Å². The molecule has 0 saturated carbocycles. The van der Waals surface area contributed by atoms with Gasteiger partial charge in [-0.25, -0.2) is 0 Å². The Morgan fingerprint density at radius 3 is 1.52 bits per heavy atom. The summed E-state index contributed by atoms with van der Waals surface area (Å²) in [7, 11) is 8.48. The number of nitrogens with zero attached hydrogens (tertiary/aromatic N) is 4. The van der Waals surface area contributed by atoms with Crippen LogP contribution in [0.3, 0.4) is 0 Å². The van der Waals surface area contributed by atoms with Gasteiger partial charge in [-0.2, -0.15) is 23.5 Å². The van der Waals surface area contributed by atoms with Crippen LogP contribution in [0.15, 0.2) is 11.5 Å². The molecule has 0 aromatic heterocycles. The lowest BCUT2D eigenvalue weighted by molar-refractivity contribution is -0.144. The number of amides is 6. The van der Waals surface area contributed by atoms with E-state index >= 15 is 0 Å². The highest BCUT2D eigenvalue weighted by atomic mass is 33.1. The number of thioether (sulfide) groups is 4. The topological polar surface area (TPSA) is 209 Å². The van der Waals surface area contributed by atoms with Crippen molar-refractivity contribution in [2.45, 2.75) is 36.3 Å². The van der Waals surface area contributed by atoms with Gasteiger partial charge < -0.3 is 41.7 Å². The minimum absolute atomic E-state index is 0. The Kier molecular flexibility index (Phi) is 19.3. The monoisotopic (exact) mass is 818 g/mol. The standard InChI is InChI=1S/C29H48N8O7S6.2H2/c1-16-19(12-45-6)36(4)27(42)20-14-49-50-15-21(35(3)24(39)8-32-25(40)17(30)10-47-16)28(43)37(5)22(13-46-7)29(44)48-11-18(31)26(41)33-9-23(38)34(20)2;;/h17-22H,1,8-15,30-31H2,2-7H3,(H,32,40)(H,33,41);2*1H/t17-,18-,19+,20+,21+,22+;;/m1../s1/i;2*1+1. The molecular formula is C29H52N8O7S6. The summed E-state index contributed by atoms with van der Waals surface area (Å²) in [5, 5.41) is 4.68. The summed E-state index contributed by atoms with van der Waals surface area (Å²) in [5.41, 5.74) is 12.2. The van der Waals surface area contributed by atoms with E-state index in [1.54, 1.807) is 13.3 Å². The molecule has 15 nitrogen and oxygen atoms in total. The molecule has 2 heterocycles. The molecule has 0 aromatic carbocycles. The van der Waals surface area contributed by atoms with E-state index in [9.17, 15) is 33.6 Å². The van der Waals surface area contributed by atoms with Gasteiger partial charge in [-0.1, -0.05) is 39.9 Å². The maximum Gasteiger partial charge on any atom is 0.246 e. The molecule has 2 saturated heterocycles. The summed E-state index contributed by atoms with van der Waals surface area (Å²) in [6.07, 6.45) is 3.67. The third kappa shape index (κ3) is 12.4. The second-order valence-electron chi connectivity index (χ2n) is 11.5. The Morgan fingerprint density at radius 2 is 1.08 bits per heavy atom. The van der Waals surface area contributed by atoms with Crippen molar-refractivity contribution >= 4 is 109 Å². The first kappa shape index (κ1) is 44.4. The summed E-state index contributed by atoms with van der Waals surface area (Å²) in [6, 6.07) is -5.58. The van der Waals surface area contributed by atoms with Crippen molar-refractivity contribution in [3.63, 3.8) is 0 Å². The SMILES string of the molecule is C=C1SC[C@@H](N)C(=O)NCC(=O)N(C)[C@H]2CSSC[C@@H](C(=O)N(C)[C@H]1CSC)N(C)C(=O)CNC(=O)[C@H](N)CSC(=O)[C@H](CSC)N(C)C2=O.[2HH].[2HH]. The lowest BCUT2D eigenvalue weighted by Gasteiger charge is -2.36. The summed E-state index contributed by atoms with van der Waals surface area (Å²) in [5.74, 6) is -2.31. The maximum atomic E-state index is 14.2. The quantitative estimate of drug-likeness (QED) is 0.259. The number of rotatable bonds is 4. The van der Waals surface area contributed by atoms with Crippen molar-refractivity contribution in [2.75, 3.05) is 88.3 Å². The molecule has 286 valence electrons. The van der Waals surface area contributed by atoms with E-state index in [2.05, 4.69) is 17.2 Å². The zero-order chi connectivity index (χ0) is 37.7. The molecule has 2 aliphatic heterocycles. The Balaban J connectivity index is 0.0000130. The molecule has 0 aromatic rings. The lowest BCUT2D eigenvalue weighted by Crippen LogP contribution is -2.56. The van der Waals surface area contributed by atoms with Crippen LogP contribution < -0.4 is 22.1 Å². The second-order valence-corrected chi connectivity index (χ2v) is 18.1. The molecule has 0 spiro atoms. The van der Waals surface area contributed by atoms with Gasteiger partial charge >= 0.3 is 0 Å². The van der Waals surface area contributed by atoms with Crippen LogP contribution in [-0.2, 0) is 33.6 Å². The number of carbonyl (C=O) groups is 7. The average molecular weight is 819 g/mol. The van der Waals surface area contributed by atoms with Crippen molar-refractivity contribution in [1.82, 2.24) is 30.2 Å². The summed E-state index contributed by atoms with van der Waals surface area (Å²) in [4.78, 5) is 100.0. The highest BCUT2D eigenvalue weighted by molar-refractivity contribution is 8.76. The molecule has 6 atom stereocenters. The van der Waals surface area contributed by atoms with E-state index in [0.29, 0.717) is 10.7 Å². The number of fused-ring (bicyclic) bond motifs is 5. The Morgan fingerprint density at radius 1 is 0.680 bits per heavy atom. The largest absolute Gasteiger partial charge is 0.346 e. The Labute approximate surface area is 321 Å². The number of hydrogen-bond donors (Lipinski definition) is 4. The van der Waals surface area contributed by atoms with Crippen molar-refractivity contribution in [3.8, 4) is 0 Å². The zero-order valence-corrected chi connectivity index (χ0v) is 34.0. The van der Waals surface area contributed by atoms with E-state index in [4.69, 9.17) is 11.5 Å². The van der Waals surface area contributed by atoms with Gasteiger partial charge in [0.2, 0.25) is 40.6 Å². The van der Waals surface area contributed by atoms with Crippen LogP contribution in [-0.4, -0.2) is 185 Å². The maximum absolute atomic E-state index is 14.2. The third-order valence-electron chi connectivity index (χ3n) is 8.10. The highest BCUT2D eigenvalue weighted by Crippen LogP contribution is 2.29. The predicted octanol–water partition coefficient (Wildman–Crippen LogP) is -0.685. The first-order valence-electron chi connectivity index (χ1n) is 15.4. The van der Waals surface area contributed by atoms with Gasteiger partial charge in [-0.05, 0) is 12.5 Å². The van der Waals surface area contributed by atoms with E-state index in [1.807, 2.05) is 6.26 Å². The summed E-state index contributed by atoms with van der Waals surface area (Å²) in [6.45, 7) is 3.32. The molecule has 2 rings (SSSR count). The number of carbonyl (C=O) groups excluding carboxylic acids is 7. The number of likely N-dealkylation sites (N-methyl/N-ethyl adjacent to an activating group) is 4. The smallest absolute Gasteiger partial charge is 0.246 e. The van der Waals surface area contributed by atoms with Crippen LogP contribution >= 0.6 is 68.6 Å². The molecular weight excluding hydrogens is 765 g/mol. The molecule has 0 aliphatic carbocycles. The van der Waals surface area contributed by atoms with Gasteiger partial charge in [0, 0.05) is 70.5 Å². The number of nitrogens with two attached hydrogens (primary N) is 2. The lowest BCUT2D eigenvalue weighted by atomic mass is 10.2. The van der Waals surface area contributed by atoms with Crippen LogP contribution in [0.25, 0.3) is 0 Å². The first-order chi connectivity index (χ1) is 23.6. The third-order valence-corrected chi connectivity index (χ3v) is 14.0. The fourth-order valence-corrected chi connectivity index (χ4v) is 10.8. The van der Waals surface area contributed by atoms with Gasteiger partial charge in [0.25, 0.3) is 0 Å². The summed E-state index contributed by atoms with van der Waals surface area (Å²) < 4.78 is 0. The van der Waals surface area contributed by atoms with Gasteiger partial charge in [-0.15, -0.1) is 11.8 Å². The van der Waals surface area contributed by atoms with Crippen molar-refractivity contribution in [2.24, 2.45) is 11.5 Å². The number of hydrogen-bond acceptors (Lipinski definition) is 15. The van der Waals surface area contributed by atoms with E-state index in [0.717, 1.165) is 11.8 Å². The Bertz CT molecular complexity index is 1200. The molecule has 2 bridgehead atoms. The van der Waals surface area contributed by atoms with Crippen LogP contribution in [0, 0.1) is 0 Å². The highest BCUT2D eigenvalue weighted by Gasteiger charge is 2.37. The van der Waals surface area contributed by atoms with E-state index in [1.165, 1.54) is 97.6 Å². The molecule has 0 unspecified atom stereocenters. The molecule has 21 heteroatoms. The van der Waals surface area contributed by atoms with Crippen molar-refractivity contribution in [3.05, 3.63) is 11.5 Å². The van der Waals surface area contributed by atoms with Gasteiger partial charge in [0.1, 0.15) is 18.1 Å². The molecule has 2 aliphatic rings. The first-order valence-corrected chi connectivity index (χ1v) is 22.6. The second kappa shape index (κ2) is 21.7. The zero-order valence-electron chi connectivity index (χ0n) is 29.1. The van der Waals surface area contributed by atoms with Crippen LogP contribution in [0.4, 0.5) is 0 Å². The van der Waals surface area contributed by atoms with Crippen LogP contribution in [0.2, 0.25) is 0 Å². The van der Waals surface area contributed by atoms with Gasteiger partial charge in [-0.3, -0.25) is 33.6 Å². The van der Waals surface area contributed by atoms with E-state index < -0.39 is 84.0 Å². The fraction of sp³-hybridized carbons (Fsp3) is 0.690. The average Bonchev–Trinajstić information content (AvgIpc) is 3.10.